The van der Waals surface area contributed by atoms with Crippen LogP contribution in [-0.4, -0.2) is 165 Å². The van der Waals surface area contributed by atoms with Gasteiger partial charge in [0, 0.05) is 109 Å². The van der Waals surface area contributed by atoms with E-state index in [9.17, 15) is 25.3 Å². The third-order valence-electron chi connectivity index (χ3n) is 19.7. The van der Waals surface area contributed by atoms with E-state index in [1.165, 1.54) is 0 Å². The first-order valence-electron chi connectivity index (χ1n) is 31.5. The van der Waals surface area contributed by atoms with E-state index in [0.29, 0.717) is 113 Å². The lowest BCUT2D eigenvalue weighted by Crippen LogP contribution is -2.44. The first-order chi connectivity index (χ1) is 43.2. The summed E-state index contributed by atoms with van der Waals surface area (Å²) < 4.78 is 91.6. The summed E-state index contributed by atoms with van der Waals surface area (Å²) >= 11 is 0. The molecule has 0 N–H and O–H groups in total. The average molecular weight is 1280 g/mol. The van der Waals surface area contributed by atoms with Gasteiger partial charge in [-0.2, -0.15) is 0 Å². The van der Waals surface area contributed by atoms with Crippen molar-refractivity contribution in [3.63, 3.8) is 0 Å². The van der Waals surface area contributed by atoms with Crippen LogP contribution in [0.4, 0.5) is 17.5 Å². The maximum Gasteiger partial charge on any atom is 0.162 e. The predicted molar refractivity (Wildman–Crippen MR) is 348 cm³/mol. The number of hydrogen-bond acceptors (Lipinski definition) is 21. The molecule has 0 radical (unpaired) electrons. The van der Waals surface area contributed by atoms with E-state index in [4.69, 9.17) is 44.1 Å². The maximum atomic E-state index is 13.0. The molecule has 6 saturated heterocycles. The van der Waals surface area contributed by atoms with Crippen molar-refractivity contribution >= 4 is 65.2 Å². The summed E-state index contributed by atoms with van der Waals surface area (Å²) in [6.07, 6.45) is 23.9. The highest BCUT2D eigenvalue weighted by atomic mass is 32.2. The van der Waals surface area contributed by atoms with Crippen molar-refractivity contribution in [2.75, 3.05) is 91.2 Å². The molecule has 15 rings (SSSR count). The summed E-state index contributed by atoms with van der Waals surface area (Å²) in [7, 11) is -9.81. The summed E-state index contributed by atoms with van der Waals surface area (Å²) in [5.41, 5.74) is 10.5. The van der Waals surface area contributed by atoms with Crippen LogP contribution in [0.3, 0.4) is 0 Å². The minimum Gasteiger partial charge on any atom is -0.377 e. The molecule has 0 spiro atoms. The summed E-state index contributed by atoms with van der Waals surface area (Å²) in [4.78, 5) is 49.2. The SMILES string of the molecule is C[C@@H]1COCCN1c1cc(C2(C)CCCS2(=O)=O)nc(-c2ccnc3c2C=CC3)n1.C[C@@H]1COCCN1c1cc([C@@]2(C)CCCS2(=O)=O)nc(-c2ccnc3c2C=CC3)n1.C[C@@H]1COCCN1c1cc([C@]2(C)CCCS2(=O)=O)nc(-c2ccnc3c2C=CC3)n1. The molecule has 0 bridgehead atoms. The zero-order chi connectivity index (χ0) is 62.8. The first kappa shape index (κ1) is 61.9. The Morgan fingerprint density at radius 1 is 0.433 bits per heavy atom. The van der Waals surface area contributed by atoms with Crippen LogP contribution >= 0.6 is 0 Å². The second kappa shape index (κ2) is 24.3. The number of morpholine rings is 3. The zero-order valence-electron chi connectivity index (χ0n) is 52.0. The number of nitrogens with zero attached hydrogens (tertiary/aromatic N) is 12. The van der Waals surface area contributed by atoms with E-state index in [0.717, 1.165) is 107 Å². The minimum atomic E-state index is -3.27. The summed E-state index contributed by atoms with van der Waals surface area (Å²) in [5.74, 6) is 4.61. The van der Waals surface area contributed by atoms with E-state index in [-0.39, 0.29) is 35.4 Å². The predicted octanol–water partition coefficient (Wildman–Crippen LogP) is 8.27. The lowest BCUT2D eigenvalue weighted by atomic mass is 10.00. The molecule has 1 unspecified atom stereocenters. The first-order valence-corrected chi connectivity index (χ1v) is 36.5. The molecule has 12 heterocycles. The van der Waals surface area contributed by atoms with E-state index in [1.54, 1.807) is 18.6 Å². The van der Waals surface area contributed by atoms with Gasteiger partial charge in [0.25, 0.3) is 0 Å². The standard InChI is InChI=1S/3C22H26N4O3S/c3*1-15-14-29-11-10-26(15)20-13-19(22(2)8-4-12-30(22,27)28)24-21(25-20)17-7-9-23-18-6-3-5-16(17)18/h3*3,5,7,9,13,15H,4,6,8,10-12,14H2,1-2H3/t15-,22?;15-,22+;15-,22-/m111/s1. The molecule has 474 valence electrons. The Morgan fingerprint density at radius 3 is 0.978 bits per heavy atom. The number of pyridine rings is 3. The quantitative estimate of drug-likeness (QED) is 0.132. The van der Waals surface area contributed by atoms with Gasteiger partial charge in [-0.05, 0) is 98.3 Å². The Labute approximate surface area is 527 Å². The van der Waals surface area contributed by atoms with E-state index < -0.39 is 43.8 Å². The maximum absolute atomic E-state index is 13.0. The number of anilines is 3. The van der Waals surface area contributed by atoms with Crippen molar-refractivity contribution in [3.05, 3.63) is 124 Å². The van der Waals surface area contributed by atoms with Crippen LogP contribution in [0.1, 0.15) is 131 Å². The molecule has 6 aromatic rings. The van der Waals surface area contributed by atoms with Gasteiger partial charge in [0.2, 0.25) is 0 Å². The van der Waals surface area contributed by atoms with Crippen LogP contribution in [0.15, 0.2) is 73.2 Å². The second-order valence-electron chi connectivity index (χ2n) is 25.6. The van der Waals surface area contributed by atoms with Gasteiger partial charge in [-0.1, -0.05) is 36.5 Å². The largest absolute Gasteiger partial charge is 0.377 e. The minimum absolute atomic E-state index is 0.158. The van der Waals surface area contributed by atoms with Gasteiger partial charge < -0.3 is 28.9 Å². The van der Waals surface area contributed by atoms with Crippen molar-refractivity contribution in [3.8, 4) is 34.2 Å². The van der Waals surface area contributed by atoms with Gasteiger partial charge in [0.15, 0.2) is 47.0 Å². The fourth-order valence-corrected chi connectivity index (χ4v) is 19.5. The van der Waals surface area contributed by atoms with Crippen LogP contribution in [0, 0.1) is 0 Å². The second-order valence-corrected chi connectivity index (χ2v) is 33.2. The fourth-order valence-electron chi connectivity index (χ4n) is 14.0. The van der Waals surface area contributed by atoms with Crippen LogP contribution < -0.4 is 14.7 Å². The molecule has 6 aromatic heterocycles. The van der Waals surface area contributed by atoms with Gasteiger partial charge in [0.1, 0.15) is 31.7 Å². The highest BCUT2D eigenvalue weighted by Gasteiger charge is 2.49. The molecule has 0 saturated carbocycles. The number of allylic oxidation sites excluding steroid dienone is 3. The van der Waals surface area contributed by atoms with Crippen molar-refractivity contribution < 1.29 is 39.5 Å². The molecule has 3 aliphatic carbocycles. The van der Waals surface area contributed by atoms with Gasteiger partial charge in [-0.25, -0.2) is 55.2 Å². The summed E-state index contributed by atoms with van der Waals surface area (Å²) in [6, 6.07) is 11.9. The van der Waals surface area contributed by atoms with Gasteiger partial charge in [-0.3, -0.25) is 15.0 Å². The molecular weight excluding hydrogens is 1200 g/mol. The average Bonchev–Trinajstić information content (AvgIpc) is 1.45. The molecule has 0 aromatic carbocycles. The van der Waals surface area contributed by atoms with Gasteiger partial charge in [-0.15, -0.1) is 0 Å². The molecule has 24 heteroatoms. The number of rotatable bonds is 9. The lowest BCUT2D eigenvalue weighted by molar-refractivity contribution is 0.0985. The Kier molecular flexibility index (Phi) is 16.7. The Hall–Kier alpha value is -6.96. The van der Waals surface area contributed by atoms with Crippen LogP contribution in [0.5, 0.6) is 0 Å². The third kappa shape index (κ3) is 11.2. The Bertz CT molecular complexity index is 3820. The number of ether oxygens (including phenoxy) is 3. The van der Waals surface area contributed by atoms with E-state index in [1.807, 2.05) is 57.2 Å². The van der Waals surface area contributed by atoms with Gasteiger partial charge >= 0.3 is 0 Å². The third-order valence-corrected chi connectivity index (χ3v) is 27.6. The monoisotopic (exact) mass is 1280 g/mol. The van der Waals surface area contributed by atoms with Crippen molar-refractivity contribution in [2.24, 2.45) is 0 Å². The molecule has 0 amide bonds. The Morgan fingerprint density at radius 2 is 0.722 bits per heavy atom. The number of sulfone groups is 3. The molecular formula is C66H78N12O9S3. The van der Waals surface area contributed by atoms with Crippen LogP contribution in [0.2, 0.25) is 0 Å². The normalized spacial score (nSPS) is 27.4. The lowest BCUT2D eigenvalue weighted by Gasteiger charge is -2.35. The summed E-state index contributed by atoms with van der Waals surface area (Å²) in [5, 5.41) is 0. The van der Waals surface area contributed by atoms with E-state index >= 15 is 0 Å². The number of hydrogen-bond donors (Lipinski definition) is 0. The Balaban J connectivity index is 0.000000124. The van der Waals surface area contributed by atoms with Crippen molar-refractivity contribution in [1.29, 1.82) is 0 Å². The zero-order valence-corrected chi connectivity index (χ0v) is 54.5. The molecule has 9 aliphatic rings. The molecule has 21 nitrogen and oxygen atoms in total. The van der Waals surface area contributed by atoms with Gasteiger partial charge in [0.05, 0.1) is 109 Å². The fraction of sp³-hybridized carbons (Fsp3) is 0.500. The highest BCUT2D eigenvalue weighted by Crippen LogP contribution is 2.46. The number of aromatic nitrogens is 9. The summed E-state index contributed by atoms with van der Waals surface area (Å²) in [6.45, 7) is 17.6. The van der Waals surface area contributed by atoms with Crippen LogP contribution in [-0.2, 0) is 77.2 Å². The molecule has 6 aliphatic heterocycles. The highest BCUT2D eigenvalue weighted by molar-refractivity contribution is 7.93. The smallest absolute Gasteiger partial charge is 0.162 e. The van der Waals surface area contributed by atoms with E-state index in [2.05, 4.69) is 86.9 Å². The molecule has 6 atom stereocenters. The van der Waals surface area contributed by atoms with Crippen molar-refractivity contribution in [1.82, 2.24) is 44.9 Å². The van der Waals surface area contributed by atoms with Crippen molar-refractivity contribution in [2.45, 2.75) is 132 Å². The molecule has 90 heavy (non-hydrogen) atoms. The topological polar surface area (TPSA) is 256 Å². The number of fused-ring (bicyclic) bond motifs is 3. The molecule has 6 fully saturated rings. The van der Waals surface area contributed by atoms with Crippen LogP contribution in [0.25, 0.3) is 52.4 Å².